The number of nitrogens with one attached hydrogen (secondary N) is 2. The Labute approximate surface area is 258 Å². The van der Waals surface area contributed by atoms with E-state index in [2.05, 4.69) is 36.3 Å². The van der Waals surface area contributed by atoms with Crippen molar-refractivity contribution in [1.82, 2.24) is 4.90 Å². The van der Waals surface area contributed by atoms with Gasteiger partial charge in [-0.15, -0.1) is 11.8 Å². The molecule has 3 fully saturated rings. The summed E-state index contributed by atoms with van der Waals surface area (Å²) in [6, 6.07) is 13.6. The minimum absolute atomic E-state index is 0.218. The molecule has 43 heavy (non-hydrogen) atoms. The molecule has 0 saturated carbocycles. The Kier molecular flexibility index (Phi) is 9.00. The quantitative estimate of drug-likeness (QED) is 0.319. The van der Waals surface area contributed by atoms with E-state index in [0.717, 1.165) is 30.9 Å². The van der Waals surface area contributed by atoms with E-state index in [9.17, 15) is 19.5 Å². The standard InChI is InChI=1S/C33H44N4O5S/c1-6-23(20-38)37-28(30(40)35-21-10-14-24(15-11-21)36(7-2)8-3)33-19-18-32(5,43-33)26(27(33)31(37)41)29(39)34-22-12-16-25(17-13-22)42-9-4/h10-17,23,26-28,38H,6-9,18-20H2,1-5H3,(H,34,39)(H,35,40)/t23-,26-,27-,28?,32+,33?/m0/s1. The number of rotatable bonds is 12. The molecule has 2 unspecified atom stereocenters. The minimum Gasteiger partial charge on any atom is -0.494 e. The predicted molar refractivity (Wildman–Crippen MR) is 172 cm³/mol. The Morgan fingerprint density at radius 2 is 1.60 bits per heavy atom. The molecular formula is C33H44N4O5S. The van der Waals surface area contributed by atoms with Crippen molar-refractivity contribution >= 4 is 46.5 Å². The van der Waals surface area contributed by atoms with E-state index >= 15 is 0 Å². The van der Waals surface area contributed by atoms with Crippen LogP contribution in [0.2, 0.25) is 0 Å². The van der Waals surface area contributed by atoms with Crippen LogP contribution < -0.4 is 20.3 Å². The Morgan fingerprint density at radius 3 is 2.16 bits per heavy atom. The van der Waals surface area contributed by atoms with Gasteiger partial charge in [-0.1, -0.05) is 6.92 Å². The Hall–Kier alpha value is -3.24. The molecule has 232 valence electrons. The number of thioether (sulfide) groups is 1. The first-order chi connectivity index (χ1) is 20.7. The number of ether oxygens (including phenoxy) is 1. The fourth-order valence-electron chi connectivity index (χ4n) is 7.45. The topological polar surface area (TPSA) is 111 Å². The third-order valence-corrected chi connectivity index (χ3v) is 11.5. The van der Waals surface area contributed by atoms with Gasteiger partial charge in [0.15, 0.2) is 0 Å². The molecule has 0 aliphatic carbocycles. The molecule has 0 radical (unpaired) electrons. The maximum absolute atomic E-state index is 14.3. The molecule has 2 bridgehead atoms. The van der Waals surface area contributed by atoms with Crippen LogP contribution in [0.1, 0.15) is 53.9 Å². The number of aliphatic hydroxyl groups excluding tert-OH is 1. The molecule has 0 aromatic heterocycles. The first kappa shape index (κ1) is 31.2. The number of hydrogen-bond donors (Lipinski definition) is 3. The van der Waals surface area contributed by atoms with Crippen LogP contribution in [0.4, 0.5) is 17.1 Å². The van der Waals surface area contributed by atoms with Crippen molar-refractivity contribution in [2.24, 2.45) is 11.8 Å². The molecule has 3 aliphatic heterocycles. The number of anilines is 3. The number of benzene rings is 2. The van der Waals surface area contributed by atoms with Gasteiger partial charge in [0.25, 0.3) is 0 Å². The molecule has 2 aromatic carbocycles. The zero-order valence-electron chi connectivity index (χ0n) is 25.8. The second-order valence-corrected chi connectivity index (χ2v) is 13.8. The summed E-state index contributed by atoms with van der Waals surface area (Å²) in [5.74, 6) is -1.28. The van der Waals surface area contributed by atoms with Crippen LogP contribution in [0.15, 0.2) is 48.5 Å². The summed E-state index contributed by atoms with van der Waals surface area (Å²) in [5, 5.41) is 16.4. The summed E-state index contributed by atoms with van der Waals surface area (Å²) in [6.07, 6.45) is 1.86. The lowest BCUT2D eigenvalue weighted by atomic mass is 9.66. The Bertz CT molecular complexity index is 1330. The van der Waals surface area contributed by atoms with E-state index in [1.807, 2.05) is 50.2 Å². The maximum atomic E-state index is 14.3. The average Bonchev–Trinajstić information content (AvgIpc) is 3.57. The number of fused-ring (bicyclic) bond motifs is 1. The number of carbonyl (C=O) groups excluding carboxylic acids is 3. The van der Waals surface area contributed by atoms with Gasteiger partial charge in [-0.2, -0.15) is 0 Å². The number of hydrogen-bond acceptors (Lipinski definition) is 7. The average molecular weight is 609 g/mol. The van der Waals surface area contributed by atoms with E-state index < -0.39 is 33.4 Å². The van der Waals surface area contributed by atoms with Gasteiger partial charge < -0.3 is 30.3 Å². The molecule has 6 atom stereocenters. The SMILES string of the molecule is CCOc1ccc(NC(=O)[C@@H]2[C@H]3C(=O)N([C@@H](CC)CO)C(C(=O)Nc4ccc(N(CC)CC)cc4)C34CC[C@@]2(C)S4)cc1. The number of likely N-dealkylation sites (tertiary alicyclic amines) is 1. The second-order valence-electron chi connectivity index (χ2n) is 11.9. The van der Waals surface area contributed by atoms with Gasteiger partial charge in [0.2, 0.25) is 17.7 Å². The zero-order chi connectivity index (χ0) is 30.9. The van der Waals surface area contributed by atoms with Crippen LogP contribution in [0.25, 0.3) is 0 Å². The Morgan fingerprint density at radius 1 is 1.00 bits per heavy atom. The van der Waals surface area contributed by atoms with Gasteiger partial charge in [-0.05, 0) is 95.5 Å². The highest BCUT2D eigenvalue weighted by Crippen LogP contribution is 2.71. The van der Waals surface area contributed by atoms with E-state index in [4.69, 9.17) is 4.74 Å². The van der Waals surface area contributed by atoms with E-state index in [0.29, 0.717) is 30.8 Å². The van der Waals surface area contributed by atoms with Crippen LogP contribution in [0, 0.1) is 11.8 Å². The third kappa shape index (κ3) is 5.37. The fraction of sp³-hybridized carbons (Fsp3) is 0.545. The molecule has 2 aromatic rings. The van der Waals surface area contributed by atoms with E-state index in [-0.39, 0.29) is 24.3 Å². The molecule has 3 N–H and O–H groups in total. The number of nitrogens with zero attached hydrogens (tertiary/aromatic N) is 2. The normalized spacial score (nSPS) is 28.0. The third-order valence-electron chi connectivity index (χ3n) is 9.52. The maximum Gasteiger partial charge on any atom is 0.248 e. The molecule has 3 amide bonds. The molecule has 5 rings (SSSR count). The van der Waals surface area contributed by atoms with Crippen molar-refractivity contribution in [1.29, 1.82) is 0 Å². The van der Waals surface area contributed by atoms with Crippen molar-refractivity contribution in [3.8, 4) is 5.75 Å². The van der Waals surface area contributed by atoms with Gasteiger partial charge in [0.1, 0.15) is 11.8 Å². The van der Waals surface area contributed by atoms with Crippen molar-refractivity contribution in [3.63, 3.8) is 0 Å². The number of amides is 3. The monoisotopic (exact) mass is 608 g/mol. The largest absolute Gasteiger partial charge is 0.494 e. The molecule has 3 aliphatic rings. The lowest BCUT2D eigenvalue weighted by Gasteiger charge is -2.36. The van der Waals surface area contributed by atoms with Gasteiger partial charge in [0.05, 0.1) is 35.8 Å². The van der Waals surface area contributed by atoms with Crippen LogP contribution in [0.3, 0.4) is 0 Å². The van der Waals surface area contributed by atoms with E-state index in [1.54, 1.807) is 28.8 Å². The highest BCUT2D eigenvalue weighted by molar-refractivity contribution is 8.02. The fourth-order valence-corrected chi connectivity index (χ4v) is 9.79. The second kappa shape index (κ2) is 12.4. The number of aliphatic hydroxyl groups is 1. The Balaban J connectivity index is 1.45. The van der Waals surface area contributed by atoms with Gasteiger partial charge >= 0.3 is 0 Å². The summed E-state index contributed by atoms with van der Waals surface area (Å²) < 4.78 is 4.27. The van der Waals surface area contributed by atoms with Crippen molar-refractivity contribution in [2.45, 2.75) is 75.5 Å². The summed E-state index contributed by atoms with van der Waals surface area (Å²) in [6.45, 7) is 12.1. The first-order valence-electron chi connectivity index (χ1n) is 15.5. The van der Waals surface area contributed by atoms with Gasteiger partial charge in [-0.3, -0.25) is 14.4 Å². The lowest BCUT2D eigenvalue weighted by molar-refractivity contribution is -0.141. The summed E-state index contributed by atoms with van der Waals surface area (Å²) in [5.41, 5.74) is 2.36. The number of carbonyl (C=O) groups is 3. The highest BCUT2D eigenvalue weighted by atomic mass is 32.2. The first-order valence-corrected chi connectivity index (χ1v) is 16.3. The molecular weight excluding hydrogens is 564 g/mol. The molecule has 9 nitrogen and oxygen atoms in total. The molecule has 10 heteroatoms. The van der Waals surface area contributed by atoms with Crippen LogP contribution in [-0.2, 0) is 14.4 Å². The summed E-state index contributed by atoms with van der Waals surface area (Å²) >= 11 is 1.62. The predicted octanol–water partition coefficient (Wildman–Crippen LogP) is 4.76. The smallest absolute Gasteiger partial charge is 0.248 e. The van der Waals surface area contributed by atoms with Crippen molar-refractivity contribution in [2.75, 3.05) is 41.8 Å². The minimum atomic E-state index is -0.806. The van der Waals surface area contributed by atoms with E-state index in [1.165, 1.54) is 0 Å². The van der Waals surface area contributed by atoms with Crippen molar-refractivity contribution < 1.29 is 24.2 Å². The van der Waals surface area contributed by atoms with Crippen LogP contribution in [-0.4, -0.2) is 75.6 Å². The molecule has 3 saturated heterocycles. The van der Waals surface area contributed by atoms with Crippen molar-refractivity contribution in [3.05, 3.63) is 48.5 Å². The highest BCUT2D eigenvalue weighted by Gasteiger charge is 2.77. The van der Waals surface area contributed by atoms with Gasteiger partial charge in [-0.25, -0.2) is 0 Å². The molecule has 1 spiro atoms. The summed E-state index contributed by atoms with van der Waals surface area (Å²) in [7, 11) is 0. The molecule has 3 heterocycles. The lowest BCUT2D eigenvalue weighted by Crippen LogP contribution is -2.54. The zero-order valence-corrected chi connectivity index (χ0v) is 26.6. The van der Waals surface area contributed by atoms with Gasteiger partial charge in [0, 0.05) is 34.9 Å². The van der Waals surface area contributed by atoms with Crippen LogP contribution >= 0.6 is 11.8 Å². The summed E-state index contributed by atoms with van der Waals surface area (Å²) in [4.78, 5) is 46.3. The van der Waals surface area contributed by atoms with Crippen LogP contribution in [0.5, 0.6) is 5.75 Å².